The molecule has 8 nitrogen and oxygen atoms in total. The maximum absolute atomic E-state index is 13.2. The molecule has 29 heavy (non-hydrogen) atoms. The van der Waals surface area contributed by atoms with Crippen molar-refractivity contribution in [2.75, 3.05) is 26.2 Å². The van der Waals surface area contributed by atoms with Gasteiger partial charge in [0.25, 0.3) is 5.91 Å². The number of hydrogen-bond acceptors (Lipinski definition) is 6. The van der Waals surface area contributed by atoms with Gasteiger partial charge in [-0.15, -0.1) is 21.5 Å². The number of carbonyl (C=O) groups excluding carboxylic acids is 1. The average molecular weight is 414 g/mol. The summed E-state index contributed by atoms with van der Waals surface area (Å²) < 4.78 is 4.13. The summed E-state index contributed by atoms with van der Waals surface area (Å²) in [5.74, 6) is 1.52. The van der Waals surface area contributed by atoms with Gasteiger partial charge in [-0.2, -0.15) is 0 Å². The molecule has 154 valence electrons. The highest BCUT2D eigenvalue weighted by Crippen LogP contribution is 2.28. The van der Waals surface area contributed by atoms with E-state index in [0.29, 0.717) is 11.6 Å². The Balaban J connectivity index is 1.40. The lowest BCUT2D eigenvalue weighted by molar-refractivity contribution is 0.0716. The monoisotopic (exact) mass is 413 g/mol. The molecule has 5 rings (SSSR count). The molecule has 9 heteroatoms. The van der Waals surface area contributed by atoms with Crippen LogP contribution in [0.2, 0.25) is 0 Å². The highest BCUT2D eigenvalue weighted by atomic mass is 32.1. The molecule has 3 aromatic heterocycles. The number of aryl methyl sites for hydroxylation is 1. The number of aromatic nitrogens is 5. The summed E-state index contributed by atoms with van der Waals surface area (Å²) in [6.45, 7) is 4.40. The molecule has 2 aliphatic heterocycles. The topological polar surface area (TPSA) is 71.6 Å². The molecular weight excluding hydrogens is 386 g/mol. The van der Waals surface area contributed by atoms with Gasteiger partial charge < -0.3 is 9.47 Å². The van der Waals surface area contributed by atoms with Crippen LogP contribution in [0.15, 0.2) is 17.9 Å². The van der Waals surface area contributed by atoms with Gasteiger partial charge in [0.05, 0.1) is 5.69 Å². The van der Waals surface area contributed by atoms with E-state index in [-0.39, 0.29) is 5.91 Å². The molecule has 0 spiro atoms. The molecule has 2 aliphatic rings. The lowest BCUT2D eigenvalue weighted by atomic mass is 9.97. The van der Waals surface area contributed by atoms with Crippen LogP contribution in [0.25, 0.3) is 4.96 Å². The second-order valence-corrected chi connectivity index (χ2v) is 9.06. The fourth-order valence-corrected chi connectivity index (χ4v) is 5.42. The Morgan fingerprint density at radius 2 is 2.07 bits per heavy atom. The highest BCUT2D eigenvalue weighted by Gasteiger charge is 2.29. The number of hydrogen-bond donors (Lipinski definition) is 0. The first-order valence-corrected chi connectivity index (χ1v) is 11.4. The molecule has 1 amide bonds. The molecular formula is C20H27N7OS. The summed E-state index contributed by atoms with van der Waals surface area (Å²) in [4.78, 5) is 23.3. The van der Waals surface area contributed by atoms with Crippen LogP contribution in [0.3, 0.4) is 0 Å². The highest BCUT2D eigenvalue weighted by molar-refractivity contribution is 7.15. The minimum Gasteiger partial charge on any atom is -0.337 e. The van der Waals surface area contributed by atoms with E-state index in [1.807, 2.05) is 28.1 Å². The molecule has 0 radical (unpaired) electrons. The van der Waals surface area contributed by atoms with Crippen LogP contribution >= 0.6 is 11.3 Å². The minimum absolute atomic E-state index is 0.0949. The molecule has 2 saturated heterocycles. The molecule has 1 atom stereocenters. The predicted molar refractivity (Wildman–Crippen MR) is 111 cm³/mol. The Hall–Kier alpha value is -2.26. The third-order valence-electron chi connectivity index (χ3n) is 6.20. The standard InChI is InChI=1S/C20H27N7OS/c1-24-14-21-23-18(24)15-6-5-7-25(12-15)13-16-17(22-20-27(16)10-11-29-20)19(28)26-8-3-2-4-9-26/h10-11,14-15H,2-9,12-13H2,1H3/t15-/m0/s1. The second kappa shape index (κ2) is 7.87. The van der Waals surface area contributed by atoms with Gasteiger partial charge in [-0.05, 0) is 38.6 Å². The van der Waals surface area contributed by atoms with Crippen LogP contribution in [0.4, 0.5) is 0 Å². The van der Waals surface area contributed by atoms with Crippen LogP contribution in [0, 0.1) is 0 Å². The van der Waals surface area contributed by atoms with E-state index in [2.05, 4.69) is 19.5 Å². The van der Waals surface area contributed by atoms with Crippen molar-refractivity contribution in [1.82, 2.24) is 33.9 Å². The zero-order valence-corrected chi connectivity index (χ0v) is 17.6. The van der Waals surface area contributed by atoms with Crippen LogP contribution in [0.5, 0.6) is 0 Å². The third-order valence-corrected chi connectivity index (χ3v) is 6.95. The number of carbonyl (C=O) groups is 1. The predicted octanol–water partition coefficient (Wildman–Crippen LogP) is 2.53. The summed E-state index contributed by atoms with van der Waals surface area (Å²) in [5, 5.41) is 10.4. The molecule has 0 bridgehead atoms. The van der Waals surface area contributed by atoms with Gasteiger partial charge in [0.15, 0.2) is 10.7 Å². The zero-order chi connectivity index (χ0) is 19.8. The van der Waals surface area contributed by atoms with Crippen LogP contribution < -0.4 is 0 Å². The lowest BCUT2D eigenvalue weighted by Crippen LogP contribution is -2.38. The van der Waals surface area contributed by atoms with Gasteiger partial charge >= 0.3 is 0 Å². The van der Waals surface area contributed by atoms with Gasteiger partial charge in [-0.25, -0.2) is 4.98 Å². The molecule has 0 aliphatic carbocycles. The van der Waals surface area contributed by atoms with Crippen molar-refractivity contribution in [3.05, 3.63) is 35.1 Å². The molecule has 5 heterocycles. The SMILES string of the molecule is Cn1cnnc1[C@H]1CCCN(Cc2c(C(=O)N3CCCCC3)nc3sccn23)C1. The van der Waals surface area contributed by atoms with E-state index in [1.54, 1.807) is 17.7 Å². The first-order valence-electron chi connectivity index (χ1n) is 10.5. The number of fused-ring (bicyclic) bond motifs is 1. The number of piperidine rings is 2. The maximum atomic E-state index is 13.2. The van der Waals surface area contributed by atoms with Crippen molar-refractivity contribution in [2.24, 2.45) is 7.05 Å². The largest absolute Gasteiger partial charge is 0.337 e. The first kappa shape index (κ1) is 18.7. The number of amides is 1. The van der Waals surface area contributed by atoms with Crippen molar-refractivity contribution in [1.29, 1.82) is 0 Å². The Labute approximate surface area is 174 Å². The number of nitrogens with zero attached hydrogens (tertiary/aromatic N) is 7. The molecule has 3 aromatic rings. The van der Waals surface area contributed by atoms with Crippen molar-refractivity contribution in [3.8, 4) is 0 Å². The van der Waals surface area contributed by atoms with Crippen molar-refractivity contribution < 1.29 is 4.79 Å². The number of rotatable bonds is 4. The van der Waals surface area contributed by atoms with E-state index in [9.17, 15) is 4.79 Å². The smallest absolute Gasteiger partial charge is 0.274 e. The van der Waals surface area contributed by atoms with Crippen molar-refractivity contribution in [3.63, 3.8) is 0 Å². The van der Waals surface area contributed by atoms with Crippen LogP contribution in [0.1, 0.15) is 60.0 Å². The quantitative estimate of drug-likeness (QED) is 0.657. The van der Waals surface area contributed by atoms with Gasteiger partial charge in [0.1, 0.15) is 12.2 Å². The number of imidazole rings is 1. The summed E-state index contributed by atoms with van der Waals surface area (Å²) in [7, 11) is 2.01. The summed E-state index contributed by atoms with van der Waals surface area (Å²) in [6, 6.07) is 0. The van der Waals surface area contributed by atoms with Gasteiger partial charge in [0, 0.05) is 50.7 Å². The van der Waals surface area contributed by atoms with Crippen molar-refractivity contribution >= 4 is 22.2 Å². The average Bonchev–Trinajstić information content (AvgIpc) is 3.46. The van der Waals surface area contributed by atoms with Gasteiger partial charge in [-0.1, -0.05) is 0 Å². The Kier molecular flexibility index (Phi) is 5.09. The fraction of sp³-hybridized carbons (Fsp3) is 0.600. The van der Waals surface area contributed by atoms with E-state index < -0.39 is 0 Å². The normalized spacial score (nSPS) is 21.1. The van der Waals surface area contributed by atoms with Crippen LogP contribution in [-0.4, -0.2) is 66.0 Å². The molecule has 0 saturated carbocycles. The van der Waals surface area contributed by atoms with Crippen LogP contribution in [-0.2, 0) is 13.6 Å². The van der Waals surface area contributed by atoms with E-state index in [4.69, 9.17) is 4.98 Å². The second-order valence-electron chi connectivity index (χ2n) is 8.19. The Morgan fingerprint density at radius 3 is 2.86 bits per heavy atom. The van der Waals surface area contributed by atoms with Gasteiger partial charge in [-0.3, -0.25) is 14.1 Å². The van der Waals surface area contributed by atoms with E-state index in [1.165, 1.54) is 6.42 Å². The lowest BCUT2D eigenvalue weighted by Gasteiger charge is -2.32. The Morgan fingerprint density at radius 1 is 1.21 bits per heavy atom. The summed E-state index contributed by atoms with van der Waals surface area (Å²) >= 11 is 1.59. The molecule has 0 N–H and O–H groups in total. The fourth-order valence-electron chi connectivity index (χ4n) is 4.69. The van der Waals surface area contributed by atoms with Gasteiger partial charge in [0.2, 0.25) is 0 Å². The Bertz CT molecular complexity index is 1000. The maximum Gasteiger partial charge on any atom is 0.274 e. The van der Waals surface area contributed by atoms with Crippen molar-refractivity contribution in [2.45, 2.75) is 44.6 Å². The summed E-state index contributed by atoms with van der Waals surface area (Å²) in [5.41, 5.74) is 1.66. The third kappa shape index (κ3) is 3.57. The molecule has 2 fully saturated rings. The minimum atomic E-state index is 0.0949. The zero-order valence-electron chi connectivity index (χ0n) is 16.8. The number of likely N-dealkylation sites (tertiary alicyclic amines) is 2. The first-order chi connectivity index (χ1) is 14.2. The van der Waals surface area contributed by atoms with E-state index >= 15 is 0 Å². The van der Waals surface area contributed by atoms with E-state index in [0.717, 1.165) is 74.9 Å². The molecule has 0 unspecified atom stereocenters. The molecule has 0 aromatic carbocycles. The summed E-state index contributed by atoms with van der Waals surface area (Å²) in [6.07, 6.45) is 9.46. The number of thiazole rings is 1.